The molecule has 7 heteroatoms. The van der Waals surface area contributed by atoms with Crippen LogP contribution < -0.4 is 10.2 Å². The summed E-state index contributed by atoms with van der Waals surface area (Å²) in [6, 6.07) is 19.0. The van der Waals surface area contributed by atoms with Gasteiger partial charge >= 0.3 is 0 Å². The maximum absolute atomic E-state index is 13.7. The van der Waals surface area contributed by atoms with E-state index in [4.69, 9.17) is 0 Å². The molecular formula is C27H25N3O4. The molecule has 172 valence electrons. The van der Waals surface area contributed by atoms with Gasteiger partial charge in [-0.3, -0.25) is 14.9 Å². The molecule has 3 unspecified atom stereocenters. The number of nitrogens with zero attached hydrogens (tertiary/aromatic N) is 2. The lowest BCUT2D eigenvalue weighted by Crippen LogP contribution is -2.34. The minimum atomic E-state index is -0.460. The van der Waals surface area contributed by atoms with Crippen molar-refractivity contribution in [2.75, 3.05) is 16.8 Å². The number of nitro benzene ring substituents is 1. The first-order chi connectivity index (χ1) is 16.5. The summed E-state index contributed by atoms with van der Waals surface area (Å²) in [6.07, 6.45) is 5.01. The Labute approximate surface area is 197 Å². The molecule has 5 rings (SSSR count). The number of nitrogens with one attached hydrogen (secondary N) is 1. The van der Waals surface area contributed by atoms with Gasteiger partial charge in [0.05, 0.1) is 22.2 Å². The smallest absolute Gasteiger partial charge is 0.270 e. The van der Waals surface area contributed by atoms with Gasteiger partial charge in [0.2, 0.25) is 0 Å². The Hall–Kier alpha value is -4.13. The number of phenolic OH excluding ortho intramolecular Hbond substituents is 1. The molecule has 3 aromatic carbocycles. The number of non-ortho nitro benzene ring substituents is 1. The first-order valence-corrected chi connectivity index (χ1v) is 11.4. The number of hydrogen-bond acceptors (Lipinski definition) is 5. The van der Waals surface area contributed by atoms with E-state index in [1.54, 1.807) is 4.90 Å². The van der Waals surface area contributed by atoms with E-state index in [9.17, 15) is 20.0 Å². The Bertz CT molecular complexity index is 1290. The molecule has 2 N–H and O–H groups in total. The van der Waals surface area contributed by atoms with Crippen molar-refractivity contribution in [3.63, 3.8) is 0 Å². The molecule has 0 bridgehead atoms. The van der Waals surface area contributed by atoms with Gasteiger partial charge in [-0.05, 0) is 49.1 Å². The lowest BCUT2D eigenvalue weighted by Gasteiger charge is -2.38. The predicted octanol–water partition coefficient (Wildman–Crippen LogP) is 5.79. The van der Waals surface area contributed by atoms with E-state index in [1.807, 2.05) is 55.5 Å². The second-order valence-corrected chi connectivity index (χ2v) is 8.63. The Balaban J connectivity index is 1.60. The number of rotatable bonds is 5. The molecule has 0 saturated heterocycles. The monoisotopic (exact) mass is 455 g/mol. The van der Waals surface area contributed by atoms with Crippen molar-refractivity contribution in [2.45, 2.75) is 25.3 Å². The predicted molar refractivity (Wildman–Crippen MR) is 131 cm³/mol. The van der Waals surface area contributed by atoms with Crippen LogP contribution in [0.15, 0.2) is 78.9 Å². The third-order valence-corrected chi connectivity index (χ3v) is 6.81. The highest BCUT2D eigenvalue weighted by Gasteiger charge is 2.41. The van der Waals surface area contributed by atoms with Gasteiger partial charge in [0, 0.05) is 35.8 Å². The number of phenols is 1. The Morgan fingerprint density at radius 1 is 1.12 bits per heavy atom. The topological polar surface area (TPSA) is 95.7 Å². The zero-order chi connectivity index (χ0) is 23.8. The van der Waals surface area contributed by atoms with Crippen molar-refractivity contribution in [1.82, 2.24) is 0 Å². The molecule has 0 saturated carbocycles. The van der Waals surface area contributed by atoms with Crippen LogP contribution in [0.4, 0.5) is 17.1 Å². The number of fused-ring (bicyclic) bond motifs is 3. The molecule has 0 fully saturated rings. The van der Waals surface area contributed by atoms with E-state index < -0.39 is 4.92 Å². The maximum atomic E-state index is 13.7. The number of benzene rings is 3. The van der Waals surface area contributed by atoms with E-state index in [0.29, 0.717) is 23.4 Å². The summed E-state index contributed by atoms with van der Waals surface area (Å²) < 4.78 is 0. The van der Waals surface area contributed by atoms with Crippen molar-refractivity contribution in [1.29, 1.82) is 0 Å². The maximum Gasteiger partial charge on any atom is 0.270 e. The third-order valence-electron chi connectivity index (χ3n) is 6.81. The number of nitro groups is 1. The van der Waals surface area contributed by atoms with Crippen LogP contribution in [0.2, 0.25) is 0 Å². The number of hydrogen-bond donors (Lipinski definition) is 2. The van der Waals surface area contributed by atoms with Crippen molar-refractivity contribution >= 4 is 23.0 Å². The van der Waals surface area contributed by atoms with Gasteiger partial charge in [-0.2, -0.15) is 0 Å². The molecule has 0 spiro atoms. The van der Waals surface area contributed by atoms with Crippen LogP contribution >= 0.6 is 0 Å². The minimum absolute atomic E-state index is 0.000443. The highest BCUT2D eigenvalue weighted by atomic mass is 16.6. The Morgan fingerprint density at radius 2 is 1.91 bits per heavy atom. The van der Waals surface area contributed by atoms with Crippen molar-refractivity contribution < 1.29 is 14.8 Å². The molecule has 1 aliphatic carbocycles. The average Bonchev–Trinajstić information content (AvgIpc) is 3.35. The second-order valence-electron chi connectivity index (χ2n) is 8.63. The molecule has 1 heterocycles. The third kappa shape index (κ3) is 3.59. The first-order valence-electron chi connectivity index (χ1n) is 11.4. The molecule has 7 nitrogen and oxygen atoms in total. The van der Waals surface area contributed by atoms with E-state index >= 15 is 0 Å². The molecule has 2 aliphatic rings. The minimum Gasteiger partial charge on any atom is -0.508 e. The van der Waals surface area contributed by atoms with Gasteiger partial charge in [0.15, 0.2) is 0 Å². The highest BCUT2D eigenvalue weighted by Crippen LogP contribution is 2.52. The van der Waals surface area contributed by atoms with Crippen LogP contribution in [-0.2, 0) is 0 Å². The number of amides is 1. The van der Waals surface area contributed by atoms with Crippen LogP contribution in [0.1, 0.15) is 46.8 Å². The number of para-hydroxylation sites is 2. The molecule has 3 atom stereocenters. The lowest BCUT2D eigenvalue weighted by atomic mass is 9.76. The van der Waals surface area contributed by atoms with Crippen LogP contribution in [0.3, 0.4) is 0 Å². The standard InChI is InChI=1S/C27H25N3O4/c1-2-29(17-8-4-3-5-9-17)27(32)22-13-7-12-20-19-10-6-11-21(19)26(28-25(20)22)23-16-18(30(33)34)14-15-24(23)31/h3-10,12-16,19,21,26,28,31H,2,11H2,1H3. The Kier molecular flexibility index (Phi) is 5.53. The molecule has 0 radical (unpaired) electrons. The number of aromatic hydroxyl groups is 1. The summed E-state index contributed by atoms with van der Waals surface area (Å²) in [7, 11) is 0. The van der Waals surface area contributed by atoms with Crippen LogP contribution in [0.25, 0.3) is 0 Å². The summed E-state index contributed by atoms with van der Waals surface area (Å²) in [5.41, 5.74) is 3.48. The summed E-state index contributed by atoms with van der Waals surface area (Å²) in [6.45, 7) is 2.45. The largest absolute Gasteiger partial charge is 0.508 e. The number of anilines is 2. The van der Waals surface area contributed by atoms with Crippen molar-refractivity contribution in [3.05, 3.63) is 106 Å². The Morgan fingerprint density at radius 3 is 2.65 bits per heavy atom. The van der Waals surface area contributed by atoms with E-state index in [-0.39, 0.29) is 35.2 Å². The number of carbonyl (C=O) groups excluding carboxylic acids is 1. The average molecular weight is 456 g/mol. The normalized spacial score (nSPS) is 20.2. The summed E-state index contributed by atoms with van der Waals surface area (Å²) in [5, 5.41) is 25.5. The molecule has 34 heavy (non-hydrogen) atoms. The van der Waals surface area contributed by atoms with E-state index in [2.05, 4.69) is 17.5 Å². The van der Waals surface area contributed by atoms with Gasteiger partial charge in [-0.15, -0.1) is 0 Å². The fraction of sp³-hybridized carbons (Fsp3) is 0.222. The second kappa shape index (κ2) is 8.67. The van der Waals surface area contributed by atoms with Crippen LogP contribution in [-0.4, -0.2) is 22.5 Å². The molecule has 3 aromatic rings. The number of carbonyl (C=O) groups is 1. The first kappa shape index (κ1) is 21.7. The van der Waals surface area contributed by atoms with E-state index in [1.165, 1.54) is 18.2 Å². The summed E-state index contributed by atoms with van der Waals surface area (Å²) in [5.74, 6) is -0.0115. The molecular weight excluding hydrogens is 430 g/mol. The van der Waals surface area contributed by atoms with Crippen LogP contribution in [0.5, 0.6) is 5.75 Å². The van der Waals surface area contributed by atoms with Gasteiger partial charge in [0.1, 0.15) is 5.75 Å². The molecule has 1 amide bonds. The van der Waals surface area contributed by atoms with Crippen molar-refractivity contribution in [2.24, 2.45) is 5.92 Å². The fourth-order valence-electron chi connectivity index (χ4n) is 5.21. The highest BCUT2D eigenvalue weighted by molar-refractivity contribution is 6.10. The van der Waals surface area contributed by atoms with E-state index in [0.717, 1.165) is 17.7 Å². The summed E-state index contributed by atoms with van der Waals surface area (Å²) in [4.78, 5) is 26.4. The molecule has 0 aromatic heterocycles. The van der Waals surface area contributed by atoms with Gasteiger partial charge < -0.3 is 15.3 Å². The SMILES string of the molecule is CCN(C(=O)c1cccc2c1NC(c1cc([N+](=O)[O-])ccc1O)C1CC=CC21)c1ccccc1. The van der Waals surface area contributed by atoms with Gasteiger partial charge in [-0.1, -0.05) is 42.5 Å². The molecule has 1 aliphatic heterocycles. The number of allylic oxidation sites excluding steroid dienone is 2. The van der Waals surface area contributed by atoms with Gasteiger partial charge in [-0.25, -0.2) is 0 Å². The zero-order valence-electron chi connectivity index (χ0n) is 18.7. The zero-order valence-corrected chi connectivity index (χ0v) is 18.7. The quantitative estimate of drug-likeness (QED) is 0.288. The van der Waals surface area contributed by atoms with Gasteiger partial charge in [0.25, 0.3) is 11.6 Å². The fourth-order valence-corrected chi connectivity index (χ4v) is 5.21. The summed E-state index contributed by atoms with van der Waals surface area (Å²) >= 11 is 0. The lowest BCUT2D eigenvalue weighted by molar-refractivity contribution is -0.385. The van der Waals surface area contributed by atoms with Crippen molar-refractivity contribution in [3.8, 4) is 5.75 Å². The van der Waals surface area contributed by atoms with Crippen LogP contribution in [0, 0.1) is 16.0 Å².